The van der Waals surface area contributed by atoms with Crippen LogP contribution >= 0.6 is 35.3 Å². The first-order valence-electron chi connectivity index (χ1n) is 15.3. The maximum Gasteiger partial charge on any atom is 0.339 e. The number of anilines is 1. The van der Waals surface area contributed by atoms with Gasteiger partial charge in [0, 0.05) is 52.3 Å². The first-order valence-corrected chi connectivity index (χ1v) is 16.5. The smallest absolute Gasteiger partial charge is 0.339 e. The summed E-state index contributed by atoms with van der Waals surface area (Å²) in [5.41, 5.74) is 10.6. The second-order valence-electron chi connectivity index (χ2n) is 11.2. The van der Waals surface area contributed by atoms with Crippen LogP contribution in [0.25, 0.3) is 5.00 Å². The fraction of sp³-hybridized carbons (Fsp3) is 0.314. The monoisotopic (exact) mass is 721 g/mol. The van der Waals surface area contributed by atoms with E-state index in [4.69, 9.17) is 27.1 Å². The van der Waals surface area contributed by atoms with Crippen molar-refractivity contribution in [2.75, 3.05) is 32.1 Å². The number of nitrogens with two attached hydrogens (primary N) is 1. The molecule has 1 aliphatic rings. The summed E-state index contributed by atoms with van der Waals surface area (Å²) in [6.07, 6.45) is 0.660. The molecule has 5 rings (SSSR count). The van der Waals surface area contributed by atoms with E-state index in [0.717, 1.165) is 32.3 Å². The Balaban J connectivity index is 0.00000541. The zero-order chi connectivity index (χ0) is 34.5. The number of amides is 2. The second-order valence-corrected chi connectivity index (χ2v) is 12.9. The summed E-state index contributed by atoms with van der Waals surface area (Å²) in [6.45, 7) is 6.47. The molecule has 256 valence electrons. The van der Waals surface area contributed by atoms with E-state index in [1.54, 1.807) is 36.6 Å². The summed E-state index contributed by atoms with van der Waals surface area (Å²) >= 11 is 7.85. The molecule has 0 fully saturated rings. The van der Waals surface area contributed by atoms with Gasteiger partial charge in [0.1, 0.15) is 16.9 Å². The van der Waals surface area contributed by atoms with Crippen LogP contribution in [0.2, 0.25) is 5.02 Å². The molecule has 2 aromatic heterocycles. The molecule has 1 aliphatic heterocycles. The highest BCUT2D eigenvalue weighted by Crippen LogP contribution is 2.39. The van der Waals surface area contributed by atoms with E-state index in [-0.39, 0.29) is 43.6 Å². The quantitative estimate of drug-likeness (QED) is 0.136. The van der Waals surface area contributed by atoms with Crippen LogP contribution < -0.4 is 16.0 Å². The van der Waals surface area contributed by atoms with Crippen LogP contribution in [0.15, 0.2) is 47.5 Å². The average molecular weight is 723 g/mol. The standard InChI is InChI=1S/C35H36ClN7O4S.ClH/c1-20-21(2)48-34-31(20)32(23-10-12-25(36)13-11-23)39-28(33-41-40-22(3)43(33)34)19-29(44)38-17-7-9-30(45)42(4)26-14-15-27(35(46)47-5)24(18-26)8-6-16-37;/h10-15,18,28H,7,9,16-17,19,37H2,1-5H3,(H,38,44);1H/t28-;/m0./s1. The van der Waals surface area contributed by atoms with Crippen LogP contribution in [0.3, 0.4) is 0 Å². The number of benzene rings is 2. The number of ether oxygens (including phenoxy) is 1. The molecule has 0 unspecified atom stereocenters. The maximum atomic E-state index is 13.3. The number of aliphatic imine (C=N–C) groups is 1. The van der Waals surface area contributed by atoms with Crippen LogP contribution in [0.5, 0.6) is 0 Å². The molecule has 3 N–H and O–H groups in total. The van der Waals surface area contributed by atoms with E-state index in [2.05, 4.69) is 41.2 Å². The number of hydrogen-bond donors (Lipinski definition) is 2. The summed E-state index contributed by atoms with van der Waals surface area (Å²) in [5, 5.41) is 13.3. The first-order chi connectivity index (χ1) is 23.0. The predicted molar refractivity (Wildman–Crippen MR) is 195 cm³/mol. The topological polar surface area (TPSA) is 145 Å². The minimum Gasteiger partial charge on any atom is -0.465 e. The number of carbonyl (C=O) groups is 3. The minimum absolute atomic E-state index is 0. The Morgan fingerprint density at radius 2 is 1.86 bits per heavy atom. The molecule has 0 saturated carbocycles. The van der Waals surface area contributed by atoms with Gasteiger partial charge in [0.05, 0.1) is 31.4 Å². The van der Waals surface area contributed by atoms with Gasteiger partial charge in [-0.1, -0.05) is 35.6 Å². The molecule has 4 aromatic rings. The van der Waals surface area contributed by atoms with Gasteiger partial charge in [0.15, 0.2) is 5.82 Å². The lowest BCUT2D eigenvalue weighted by molar-refractivity contribution is -0.122. The van der Waals surface area contributed by atoms with Gasteiger partial charge in [0.2, 0.25) is 11.8 Å². The number of nitrogens with one attached hydrogen (secondary N) is 1. The molecular weight excluding hydrogens is 685 g/mol. The number of methoxy groups -OCH3 is 1. The van der Waals surface area contributed by atoms with Crippen LogP contribution in [-0.2, 0) is 14.3 Å². The van der Waals surface area contributed by atoms with Crippen molar-refractivity contribution >= 4 is 64.5 Å². The fourth-order valence-corrected chi connectivity index (χ4v) is 6.78. The van der Waals surface area contributed by atoms with Crippen molar-refractivity contribution in [3.05, 3.63) is 91.8 Å². The Morgan fingerprint density at radius 3 is 2.55 bits per heavy atom. The van der Waals surface area contributed by atoms with Crippen molar-refractivity contribution in [3.8, 4) is 16.8 Å². The Hall–Kier alpha value is -4.54. The van der Waals surface area contributed by atoms with E-state index < -0.39 is 12.0 Å². The number of halogens is 2. The third-order valence-electron chi connectivity index (χ3n) is 8.12. The molecule has 14 heteroatoms. The lowest BCUT2D eigenvalue weighted by atomic mass is 9.99. The Kier molecular flexibility index (Phi) is 12.4. The third-order valence-corrected chi connectivity index (χ3v) is 9.56. The number of aryl methyl sites for hydroxylation is 2. The first kappa shape index (κ1) is 37.3. The third kappa shape index (κ3) is 8.03. The molecule has 1 atom stereocenters. The van der Waals surface area contributed by atoms with Crippen molar-refractivity contribution < 1.29 is 19.1 Å². The van der Waals surface area contributed by atoms with Crippen LogP contribution in [0, 0.1) is 32.6 Å². The lowest BCUT2D eigenvalue weighted by Gasteiger charge is -2.18. The Labute approximate surface area is 300 Å². The summed E-state index contributed by atoms with van der Waals surface area (Å²) < 4.78 is 6.84. The summed E-state index contributed by atoms with van der Waals surface area (Å²) in [7, 11) is 2.94. The van der Waals surface area contributed by atoms with Gasteiger partial charge in [-0.3, -0.25) is 19.1 Å². The number of thiophene rings is 1. The average Bonchev–Trinajstić information content (AvgIpc) is 3.56. The molecule has 11 nitrogen and oxygen atoms in total. The molecule has 0 aliphatic carbocycles. The predicted octanol–water partition coefficient (Wildman–Crippen LogP) is 5.27. The lowest BCUT2D eigenvalue weighted by Crippen LogP contribution is -2.29. The highest BCUT2D eigenvalue weighted by Gasteiger charge is 2.32. The van der Waals surface area contributed by atoms with Crippen LogP contribution in [-0.4, -0.2) is 65.5 Å². The van der Waals surface area contributed by atoms with E-state index >= 15 is 0 Å². The maximum absolute atomic E-state index is 13.3. The molecule has 2 amide bonds. The molecule has 49 heavy (non-hydrogen) atoms. The number of rotatable bonds is 9. The fourth-order valence-electron chi connectivity index (χ4n) is 5.44. The van der Waals surface area contributed by atoms with Gasteiger partial charge in [-0.15, -0.1) is 33.9 Å². The number of aromatic nitrogens is 3. The number of fused-ring (bicyclic) bond motifs is 3. The van der Waals surface area contributed by atoms with E-state index in [0.29, 0.717) is 46.5 Å². The number of carbonyl (C=O) groups excluding carboxylic acids is 3. The summed E-state index contributed by atoms with van der Waals surface area (Å²) in [5.74, 6) is 6.02. The summed E-state index contributed by atoms with van der Waals surface area (Å²) in [4.78, 5) is 46.3. The van der Waals surface area contributed by atoms with Gasteiger partial charge < -0.3 is 20.7 Å². The van der Waals surface area contributed by atoms with Crippen molar-refractivity contribution in [2.24, 2.45) is 10.7 Å². The van der Waals surface area contributed by atoms with Gasteiger partial charge in [0.25, 0.3) is 0 Å². The van der Waals surface area contributed by atoms with E-state index in [9.17, 15) is 14.4 Å². The van der Waals surface area contributed by atoms with Crippen molar-refractivity contribution in [2.45, 2.75) is 46.1 Å². The second kappa shape index (κ2) is 16.2. The molecule has 0 bridgehead atoms. The highest BCUT2D eigenvalue weighted by atomic mass is 35.5. The van der Waals surface area contributed by atoms with Gasteiger partial charge in [-0.2, -0.15) is 0 Å². The molecule has 0 spiro atoms. The van der Waals surface area contributed by atoms with Crippen molar-refractivity contribution in [1.82, 2.24) is 20.1 Å². The Morgan fingerprint density at radius 1 is 1.12 bits per heavy atom. The number of nitrogens with zero attached hydrogens (tertiary/aromatic N) is 5. The van der Waals surface area contributed by atoms with Crippen molar-refractivity contribution in [1.29, 1.82) is 0 Å². The molecule has 0 saturated heterocycles. The molecule has 2 aromatic carbocycles. The zero-order valence-electron chi connectivity index (χ0n) is 27.8. The van der Waals surface area contributed by atoms with Gasteiger partial charge in [-0.05, 0) is 63.1 Å². The van der Waals surface area contributed by atoms with Crippen LogP contribution in [0.4, 0.5) is 5.69 Å². The van der Waals surface area contributed by atoms with E-state index in [1.165, 1.54) is 12.0 Å². The van der Waals surface area contributed by atoms with Crippen molar-refractivity contribution in [3.63, 3.8) is 0 Å². The SMILES string of the molecule is COC(=O)c1ccc(N(C)C(=O)CCCNC(=O)C[C@@H]2N=C(c3ccc(Cl)cc3)c3c(sc(C)c3C)-n3c(C)nnc32)cc1C#CCN.Cl. The molecule has 0 radical (unpaired) electrons. The number of hydrogen-bond acceptors (Lipinski definition) is 9. The number of esters is 1. The largest absolute Gasteiger partial charge is 0.465 e. The van der Waals surface area contributed by atoms with Gasteiger partial charge >= 0.3 is 5.97 Å². The normalized spacial score (nSPS) is 13.0. The van der Waals surface area contributed by atoms with Crippen LogP contribution in [0.1, 0.15) is 74.4 Å². The summed E-state index contributed by atoms with van der Waals surface area (Å²) in [6, 6.07) is 11.8. The Bertz CT molecular complexity index is 1980. The molecule has 3 heterocycles. The molecular formula is C35H37Cl2N7O4S. The highest BCUT2D eigenvalue weighted by molar-refractivity contribution is 7.15. The minimum atomic E-state index is -0.589. The van der Waals surface area contributed by atoms with E-state index in [1.807, 2.05) is 35.8 Å². The zero-order valence-corrected chi connectivity index (χ0v) is 30.2. The van der Waals surface area contributed by atoms with Gasteiger partial charge in [-0.25, -0.2) is 4.79 Å².